The highest BCUT2D eigenvalue weighted by Gasteiger charge is 2.30. The Labute approximate surface area is 203 Å². The van der Waals surface area contributed by atoms with E-state index >= 15 is 0 Å². The zero-order valence-corrected chi connectivity index (χ0v) is 19.1. The third-order valence-electron chi connectivity index (χ3n) is 5.16. The lowest BCUT2D eigenvalue weighted by molar-refractivity contribution is -0.137. The summed E-state index contributed by atoms with van der Waals surface area (Å²) in [5, 5.41) is 7.55. The normalized spacial score (nSPS) is 10.9. The summed E-state index contributed by atoms with van der Waals surface area (Å²) in [7, 11) is 1.50. The summed E-state index contributed by atoms with van der Waals surface area (Å²) in [6.45, 7) is 1.82. The summed E-state index contributed by atoms with van der Waals surface area (Å²) in [5.41, 5.74) is 2.20. The minimum Gasteiger partial charge on any atom is -0.341 e. The summed E-state index contributed by atoms with van der Waals surface area (Å²) < 4.78 is 40.5. The molecular formula is C25H19F3N6O2. The molecule has 1 aromatic carbocycles. The molecule has 0 saturated carbocycles. The van der Waals surface area contributed by atoms with Gasteiger partial charge < -0.3 is 16.0 Å². The third-order valence-corrected chi connectivity index (χ3v) is 5.16. The van der Waals surface area contributed by atoms with Crippen molar-refractivity contribution in [1.29, 1.82) is 0 Å². The van der Waals surface area contributed by atoms with Crippen LogP contribution in [0.3, 0.4) is 0 Å². The number of fused-ring (bicyclic) bond motifs is 1. The Hall–Kier alpha value is -4.85. The van der Waals surface area contributed by atoms with Gasteiger partial charge in [-0.2, -0.15) is 13.2 Å². The van der Waals surface area contributed by atoms with Crippen molar-refractivity contribution in [1.82, 2.24) is 19.7 Å². The molecule has 0 aliphatic rings. The van der Waals surface area contributed by atoms with Gasteiger partial charge in [-0.1, -0.05) is 12.0 Å². The predicted molar refractivity (Wildman–Crippen MR) is 128 cm³/mol. The smallest absolute Gasteiger partial charge is 0.341 e. The first-order valence-electron chi connectivity index (χ1n) is 10.6. The first-order valence-corrected chi connectivity index (χ1v) is 10.6. The van der Waals surface area contributed by atoms with Crippen LogP contribution in [0.4, 0.5) is 29.5 Å². The van der Waals surface area contributed by atoms with Gasteiger partial charge in [0.1, 0.15) is 11.5 Å². The first-order chi connectivity index (χ1) is 17.2. The van der Waals surface area contributed by atoms with E-state index in [1.165, 1.54) is 7.05 Å². The van der Waals surface area contributed by atoms with Gasteiger partial charge >= 0.3 is 12.2 Å². The van der Waals surface area contributed by atoms with E-state index in [4.69, 9.17) is 0 Å². The van der Waals surface area contributed by atoms with Crippen LogP contribution in [0, 0.1) is 18.8 Å². The van der Waals surface area contributed by atoms with Gasteiger partial charge in [0.2, 0.25) is 0 Å². The SMILES string of the molecule is CNC(=O)Nc1cccn2c(C#Cc3cc(C(=O)Nc4cc(C(F)(F)F)ccn4)ccc3C)cnc12. The number of nitrogens with one attached hydrogen (secondary N) is 3. The van der Waals surface area contributed by atoms with Crippen LogP contribution >= 0.6 is 0 Å². The highest BCUT2D eigenvalue weighted by molar-refractivity contribution is 6.04. The fourth-order valence-electron chi connectivity index (χ4n) is 3.28. The Balaban J connectivity index is 1.59. The second kappa shape index (κ2) is 9.79. The van der Waals surface area contributed by atoms with Crippen molar-refractivity contribution in [3.8, 4) is 11.8 Å². The zero-order valence-electron chi connectivity index (χ0n) is 19.1. The number of anilines is 2. The molecule has 0 saturated heterocycles. The molecule has 182 valence electrons. The number of hydrogen-bond acceptors (Lipinski definition) is 4. The van der Waals surface area contributed by atoms with E-state index in [2.05, 4.69) is 37.8 Å². The number of urea groups is 1. The average Bonchev–Trinajstić information content (AvgIpc) is 3.27. The minimum absolute atomic E-state index is 0.208. The molecule has 3 N–H and O–H groups in total. The van der Waals surface area contributed by atoms with Crippen LogP contribution in [0.5, 0.6) is 0 Å². The molecule has 0 aliphatic carbocycles. The molecule has 0 atom stereocenters. The van der Waals surface area contributed by atoms with Crippen molar-refractivity contribution in [2.75, 3.05) is 17.7 Å². The number of aryl methyl sites for hydroxylation is 1. The average molecular weight is 492 g/mol. The molecule has 0 aliphatic heterocycles. The Morgan fingerprint density at radius 1 is 1.03 bits per heavy atom. The maximum absolute atomic E-state index is 12.9. The minimum atomic E-state index is -4.55. The third kappa shape index (κ3) is 5.28. The van der Waals surface area contributed by atoms with Crippen molar-refractivity contribution in [3.05, 3.63) is 89.0 Å². The second-order valence-electron chi connectivity index (χ2n) is 7.62. The molecule has 0 fully saturated rings. The van der Waals surface area contributed by atoms with E-state index in [0.717, 1.165) is 23.9 Å². The summed E-state index contributed by atoms with van der Waals surface area (Å²) in [6, 6.07) is 9.45. The number of nitrogens with zero attached hydrogens (tertiary/aromatic N) is 3. The number of aromatic nitrogens is 3. The van der Waals surface area contributed by atoms with Crippen LogP contribution in [-0.4, -0.2) is 33.4 Å². The molecule has 4 aromatic rings. The molecule has 3 heterocycles. The van der Waals surface area contributed by atoms with Gasteiger partial charge in [-0.25, -0.2) is 14.8 Å². The van der Waals surface area contributed by atoms with Crippen molar-refractivity contribution in [2.45, 2.75) is 13.1 Å². The number of benzene rings is 1. The van der Waals surface area contributed by atoms with Crippen LogP contribution in [0.25, 0.3) is 5.65 Å². The van der Waals surface area contributed by atoms with Gasteiger partial charge in [0.05, 0.1) is 17.4 Å². The predicted octanol–water partition coefficient (Wildman–Crippen LogP) is 4.46. The van der Waals surface area contributed by atoms with Crippen LogP contribution in [0.15, 0.2) is 61.1 Å². The first kappa shape index (κ1) is 24.3. The lowest BCUT2D eigenvalue weighted by atomic mass is 10.0. The number of carbonyl (C=O) groups excluding carboxylic acids is 2. The highest BCUT2D eigenvalue weighted by Crippen LogP contribution is 2.30. The fraction of sp³-hybridized carbons (Fsp3) is 0.120. The van der Waals surface area contributed by atoms with E-state index in [1.54, 1.807) is 47.1 Å². The number of imidazole rings is 1. The number of pyridine rings is 2. The van der Waals surface area contributed by atoms with Crippen molar-refractivity contribution >= 4 is 29.1 Å². The van der Waals surface area contributed by atoms with Crippen molar-refractivity contribution in [3.63, 3.8) is 0 Å². The van der Waals surface area contributed by atoms with Crippen LogP contribution in [-0.2, 0) is 6.18 Å². The van der Waals surface area contributed by atoms with Gasteiger partial charge in [-0.05, 0) is 54.8 Å². The maximum Gasteiger partial charge on any atom is 0.416 e. The monoisotopic (exact) mass is 492 g/mol. The topological polar surface area (TPSA) is 100 Å². The Morgan fingerprint density at radius 3 is 2.58 bits per heavy atom. The Kier molecular flexibility index (Phi) is 6.60. The number of hydrogen-bond donors (Lipinski definition) is 3. The standard InChI is InChI=1S/C25H19F3N6O2/c1-15-5-6-17(23(35)33-21-13-18(9-10-30-21)25(26,27)28)12-16(15)7-8-19-14-31-22-20(32-24(36)29-2)4-3-11-34(19)22/h3-6,9-14H,1-2H3,(H2,29,32,36)(H,30,33,35). The molecule has 3 amide bonds. The Morgan fingerprint density at radius 2 is 1.83 bits per heavy atom. The molecule has 0 spiro atoms. The van der Waals surface area contributed by atoms with Gasteiger partial charge in [0, 0.05) is 30.6 Å². The molecule has 3 aromatic heterocycles. The van der Waals surface area contributed by atoms with Crippen molar-refractivity contribution in [2.24, 2.45) is 0 Å². The van der Waals surface area contributed by atoms with Gasteiger partial charge in [0.25, 0.3) is 5.91 Å². The van der Waals surface area contributed by atoms with E-state index < -0.39 is 17.6 Å². The molecule has 0 unspecified atom stereocenters. The number of carbonyl (C=O) groups is 2. The lowest BCUT2D eigenvalue weighted by Crippen LogP contribution is -2.24. The molecule has 4 rings (SSSR count). The second-order valence-corrected chi connectivity index (χ2v) is 7.62. The summed E-state index contributed by atoms with van der Waals surface area (Å²) in [4.78, 5) is 32.4. The van der Waals surface area contributed by atoms with E-state index in [-0.39, 0.29) is 17.4 Å². The summed E-state index contributed by atoms with van der Waals surface area (Å²) in [5.74, 6) is 5.19. The van der Waals surface area contributed by atoms with Gasteiger partial charge in [0.15, 0.2) is 5.65 Å². The quantitative estimate of drug-likeness (QED) is 0.368. The largest absolute Gasteiger partial charge is 0.416 e. The van der Waals surface area contributed by atoms with Crippen LogP contribution in [0.1, 0.15) is 32.7 Å². The lowest BCUT2D eigenvalue weighted by Gasteiger charge is -2.09. The molecule has 8 nitrogen and oxygen atoms in total. The number of halogens is 3. The van der Waals surface area contributed by atoms with Gasteiger partial charge in [-0.15, -0.1) is 0 Å². The fourth-order valence-corrected chi connectivity index (χ4v) is 3.28. The van der Waals surface area contributed by atoms with E-state index in [1.807, 2.05) is 6.92 Å². The van der Waals surface area contributed by atoms with Crippen molar-refractivity contribution < 1.29 is 22.8 Å². The number of rotatable bonds is 3. The van der Waals surface area contributed by atoms with Crippen LogP contribution < -0.4 is 16.0 Å². The van der Waals surface area contributed by atoms with Crippen LogP contribution in [0.2, 0.25) is 0 Å². The molecular weight excluding hydrogens is 473 g/mol. The summed E-state index contributed by atoms with van der Waals surface area (Å²) in [6.07, 6.45) is -0.259. The molecule has 0 bridgehead atoms. The zero-order chi connectivity index (χ0) is 25.9. The summed E-state index contributed by atoms with van der Waals surface area (Å²) >= 11 is 0. The molecule has 0 radical (unpaired) electrons. The van der Waals surface area contributed by atoms with E-state index in [9.17, 15) is 22.8 Å². The maximum atomic E-state index is 12.9. The number of alkyl halides is 3. The number of amides is 3. The Bertz CT molecular complexity index is 1530. The molecule has 36 heavy (non-hydrogen) atoms. The van der Waals surface area contributed by atoms with Gasteiger partial charge in [-0.3, -0.25) is 9.20 Å². The highest BCUT2D eigenvalue weighted by atomic mass is 19.4. The molecule has 11 heteroatoms. The van der Waals surface area contributed by atoms with E-state index in [0.29, 0.717) is 22.6 Å².